The van der Waals surface area contributed by atoms with Gasteiger partial charge < -0.3 is 15.4 Å². The van der Waals surface area contributed by atoms with E-state index in [1.807, 2.05) is 24.3 Å². The van der Waals surface area contributed by atoms with E-state index in [0.29, 0.717) is 6.42 Å². The van der Waals surface area contributed by atoms with Gasteiger partial charge in [-0.25, -0.2) is 4.79 Å². The van der Waals surface area contributed by atoms with Crippen molar-refractivity contribution in [3.63, 3.8) is 0 Å². The minimum Gasteiger partial charge on any atom is -0.480 e. The summed E-state index contributed by atoms with van der Waals surface area (Å²) < 4.78 is 0. The van der Waals surface area contributed by atoms with Gasteiger partial charge in [0, 0.05) is 29.9 Å². The molecule has 5 heteroatoms. The number of rotatable bonds is 17. The van der Waals surface area contributed by atoms with Crippen LogP contribution in [0.2, 0.25) is 0 Å². The first kappa shape index (κ1) is 27.5. The van der Waals surface area contributed by atoms with E-state index in [2.05, 4.69) is 29.1 Å². The quantitative estimate of drug-likeness (QED) is 0.178. The topological polar surface area (TPSA) is 82.2 Å². The van der Waals surface area contributed by atoms with Crippen LogP contribution in [0.5, 0.6) is 0 Å². The molecule has 5 nitrogen and oxygen atoms in total. The van der Waals surface area contributed by atoms with E-state index < -0.39 is 17.9 Å². The molecule has 0 radical (unpaired) electrons. The second kappa shape index (κ2) is 16.8. The number of aromatic amines is 1. The summed E-state index contributed by atoms with van der Waals surface area (Å²) in [5, 5.41) is 13.0. The molecule has 3 N–H and O–H groups in total. The number of para-hydroxylation sites is 1. The normalized spacial score (nSPS) is 11.7. The molecule has 0 aliphatic carbocycles. The van der Waals surface area contributed by atoms with Crippen LogP contribution in [0.1, 0.15) is 102 Å². The Morgan fingerprint density at radius 1 is 0.912 bits per heavy atom. The Hall–Kier alpha value is -2.74. The summed E-state index contributed by atoms with van der Waals surface area (Å²) in [7, 11) is 0. The average molecular weight is 467 g/mol. The maximum atomic E-state index is 12.1. The van der Waals surface area contributed by atoms with Crippen molar-refractivity contribution in [2.24, 2.45) is 0 Å². The van der Waals surface area contributed by atoms with Crippen molar-refractivity contribution in [3.05, 3.63) is 36.0 Å². The number of aliphatic carboxylic acids is 1. The maximum Gasteiger partial charge on any atom is 0.326 e. The summed E-state index contributed by atoms with van der Waals surface area (Å²) in [6.45, 7) is 2.26. The van der Waals surface area contributed by atoms with Gasteiger partial charge in [0.15, 0.2) is 0 Å². The molecule has 34 heavy (non-hydrogen) atoms. The van der Waals surface area contributed by atoms with Gasteiger partial charge in [0.2, 0.25) is 0 Å². The highest BCUT2D eigenvalue weighted by Crippen LogP contribution is 2.19. The van der Waals surface area contributed by atoms with Gasteiger partial charge in [0.05, 0.1) is 0 Å². The first-order valence-electron chi connectivity index (χ1n) is 13.2. The Labute approximate surface area is 205 Å². The first-order chi connectivity index (χ1) is 16.6. The molecule has 1 aromatic heterocycles. The lowest BCUT2D eigenvalue weighted by Crippen LogP contribution is -2.41. The van der Waals surface area contributed by atoms with Crippen LogP contribution < -0.4 is 5.32 Å². The monoisotopic (exact) mass is 466 g/mol. The summed E-state index contributed by atoms with van der Waals surface area (Å²) in [4.78, 5) is 26.9. The predicted molar refractivity (Wildman–Crippen MR) is 140 cm³/mol. The molecular formula is C29H42N2O3. The number of carboxylic acids is 1. The molecule has 2 rings (SSSR count). The molecule has 2 aromatic rings. The summed E-state index contributed by atoms with van der Waals surface area (Å²) in [6.07, 6.45) is 19.6. The number of hydrogen-bond donors (Lipinski definition) is 3. The largest absolute Gasteiger partial charge is 0.480 e. The molecular weight excluding hydrogens is 424 g/mol. The van der Waals surface area contributed by atoms with E-state index in [4.69, 9.17) is 0 Å². The molecule has 1 aromatic carbocycles. The lowest BCUT2D eigenvalue weighted by atomic mass is 10.0. The number of aromatic nitrogens is 1. The third-order valence-corrected chi connectivity index (χ3v) is 6.31. The van der Waals surface area contributed by atoms with Crippen LogP contribution in [0.15, 0.2) is 30.5 Å². The van der Waals surface area contributed by atoms with Crippen molar-refractivity contribution >= 4 is 22.8 Å². The minimum atomic E-state index is -1.06. The SMILES string of the molecule is CCCCCCCCCCCCCCCC#CC(=O)N[C@@H](Cc1c[nH]c2ccccc12)C(=O)O. The second-order valence-electron chi connectivity index (χ2n) is 9.22. The number of carbonyl (C=O) groups is 2. The van der Waals surface area contributed by atoms with Crippen molar-refractivity contribution in [3.8, 4) is 11.8 Å². The van der Waals surface area contributed by atoms with Gasteiger partial charge in [0.1, 0.15) is 6.04 Å². The number of nitrogens with one attached hydrogen (secondary N) is 2. The van der Waals surface area contributed by atoms with Gasteiger partial charge >= 0.3 is 5.97 Å². The number of fused-ring (bicyclic) bond motifs is 1. The van der Waals surface area contributed by atoms with E-state index >= 15 is 0 Å². The summed E-state index contributed by atoms with van der Waals surface area (Å²) >= 11 is 0. The number of unbranched alkanes of at least 4 members (excludes halogenated alkanes) is 13. The van der Waals surface area contributed by atoms with Crippen LogP contribution in [-0.4, -0.2) is 28.0 Å². The first-order valence-corrected chi connectivity index (χ1v) is 13.2. The van der Waals surface area contributed by atoms with Crippen molar-refractivity contribution in [1.29, 1.82) is 0 Å². The van der Waals surface area contributed by atoms with E-state index in [9.17, 15) is 14.7 Å². The zero-order valence-corrected chi connectivity index (χ0v) is 20.8. The fourth-order valence-corrected chi connectivity index (χ4v) is 4.29. The van der Waals surface area contributed by atoms with Gasteiger partial charge in [-0.1, -0.05) is 108 Å². The van der Waals surface area contributed by atoms with Crippen LogP contribution in [0.25, 0.3) is 10.9 Å². The lowest BCUT2D eigenvalue weighted by Gasteiger charge is -2.12. The molecule has 0 saturated heterocycles. The van der Waals surface area contributed by atoms with Crippen molar-refractivity contribution < 1.29 is 14.7 Å². The molecule has 0 fully saturated rings. The number of hydrogen-bond acceptors (Lipinski definition) is 2. The molecule has 0 bridgehead atoms. The maximum absolute atomic E-state index is 12.1. The molecule has 1 heterocycles. The van der Waals surface area contributed by atoms with Crippen LogP contribution in [-0.2, 0) is 16.0 Å². The second-order valence-corrected chi connectivity index (χ2v) is 9.22. The van der Waals surface area contributed by atoms with Gasteiger partial charge in [-0.15, -0.1) is 0 Å². The van der Waals surface area contributed by atoms with E-state index in [-0.39, 0.29) is 6.42 Å². The zero-order chi connectivity index (χ0) is 24.4. The van der Waals surface area contributed by atoms with Crippen LogP contribution in [0, 0.1) is 11.8 Å². The number of amides is 1. The summed E-state index contributed by atoms with van der Waals surface area (Å²) in [5.41, 5.74) is 1.81. The number of benzene rings is 1. The Kier molecular flexibility index (Phi) is 13.6. The molecule has 0 aliphatic rings. The smallest absolute Gasteiger partial charge is 0.326 e. The molecule has 186 valence electrons. The number of H-pyrrole nitrogens is 1. The lowest BCUT2D eigenvalue weighted by molar-refractivity contribution is -0.141. The fourth-order valence-electron chi connectivity index (χ4n) is 4.29. The molecule has 0 aliphatic heterocycles. The van der Waals surface area contributed by atoms with Crippen molar-refractivity contribution in [2.75, 3.05) is 0 Å². The van der Waals surface area contributed by atoms with Gasteiger partial charge in [-0.05, 0) is 24.0 Å². The highest BCUT2D eigenvalue weighted by molar-refractivity contribution is 5.96. The third kappa shape index (κ3) is 10.9. The van der Waals surface area contributed by atoms with Crippen LogP contribution >= 0.6 is 0 Å². The number of carbonyl (C=O) groups excluding carboxylic acids is 1. The van der Waals surface area contributed by atoms with E-state index in [1.165, 1.54) is 70.6 Å². The predicted octanol–water partition coefficient (Wildman–Crippen LogP) is 6.76. The van der Waals surface area contributed by atoms with Crippen LogP contribution in [0.4, 0.5) is 0 Å². The highest BCUT2D eigenvalue weighted by Gasteiger charge is 2.21. The standard InChI is InChI=1S/C29H42N2O3/c1-2-3-4-5-6-7-8-9-10-11-12-13-14-15-16-21-28(32)31-27(29(33)34)22-24-23-30-26-20-18-17-19-25(24)26/h17-20,23,27,30H,2-15,22H2,1H3,(H,31,32)(H,33,34)/t27-/m0/s1. The third-order valence-electron chi connectivity index (χ3n) is 6.31. The molecule has 0 saturated carbocycles. The van der Waals surface area contributed by atoms with E-state index in [0.717, 1.165) is 29.3 Å². The van der Waals surface area contributed by atoms with Gasteiger partial charge in [-0.3, -0.25) is 4.79 Å². The van der Waals surface area contributed by atoms with Crippen molar-refractivity contribution in [1.82, 2.24) is 10.3 Å². The zero-order valence-electron chi connectivity index (χ0n) is 20.8. The Morgan fingerprint density at radius 2 is 1.50 bits per heavy atom. The van der Waals surface area contributed by atoms with Gasteiger partial charge in [-0.2, -0.15) is 0 Å². The summed E-state index contributed by atoms with van der Waals surface area (Å²) in [5.74, 6) is 3.87. The Balaban J connectivity index is 1.55. The summed E-state index contributed by atoms with van der Waals surface area (Å²) in [6, 6.07) is 6.71. The molecule has 1 atom stereocenters. The van der Waals surface area contributed by atoms with Gasteiger partial charge in [0.25, 0.3) is 5.91 Å². The average Bonchev–Trinajstić information content (AvgIpc) is 3.24. The minimum absolute atomic E-state index is 0.214. The Morgan fingerprint density at radius 3 is 2.12 bits per heavy atom. The molecule has 1 amide bonds. The molecule has 0 unspecified atom stereocenters. The Bertz CT molecular complexity index is 922. The number of carboxylic acid groups (broad SMARTS) is 1. The van der Waals surface area contributed by atoms with E-state index in [1.54, 1.807) is 6.20 Å². The van der Waals surface area contributed by atoms with Crippen molar-refractivity contribution in [2.45, 2.75) is 109 Å². The molecule has 0 spiro atoms. The van der Waals surface area contributed by atoms with Crippen LogP contribution in [0.3, 0.4) is 0 Å². The fraction of sp³-hybridized carbons (Fsp3) is 0.586. The highest BCUT2D eigenvalue weighted by atomic mass is 16.4.